The maximum Gasteiger partial charge on any atom is 0.369 e. The zero-order valence-corrected chi connectivity index (χ0v) is 13.8. The summed E-state index contributed by atoms with van der Waals surface area (Å²) in [5, 5.41) is 12.8. The molecule has 0 saturated heterocycles. The molecule has 3 aromatic rings. The molecule has 0 aliphatic rings. The van der Waals surface area contributed by atoms with Crippen molar-refractivity contribution in [3.05, 3.63) is 52.3 Å². The Hall–Kier alpha value is -2.39. The van der Waals surface area contributed by atoms with Crippen LogP contribution in [0.15, 0.2) is 51.5 Å². The largest absolute Gasteiger partial charge is 0.369 e. The molecule has 1 amide bonds. The Morgan fingerprint density at radius 1 is 1.30 bits per heavy atom. The SMILES string of the molecule is CSc1cccc(NC(=O)Cn2nnn(-c3cccs3)c2=O)c1. The Kier molecular flexibility index (Phi) is 4.58. The number of nitrogens with one attached hydrogen (secondary N) is 1. The molecule has 7 nitrogen and oxygen atoms in total. The number of thioether (sulfide) groups is 1. The van der Waals surface area contributed by atoms with E-state index in [1.165, 1.54) is 16.0 Å². The summed E-state index contributed by atoms with van der Waals surface area (Å²) in [5.74, 6) is -0.330. The van der Waals surface area contributed by atoms with Crippen molar-refractivity contribution in [2.45, 2.75) is 11.4 Å². The maximum absolute atomic E-state index is 12.2. The van der Waals surface area contributed by atoms with E-state index in [2.05, 4.69) is 15.7 Å². The van der Waals surface area contributed by atoms with Gasteiger partial charge in [0.1, 0.15) is 11.5 Å². The summed E-state index contributed by atoms with van der Waals surface area (Å²) in [6.45, 7) is -0.187. The second-order valence-corrected chi connectivity index (χ2v) is 6.37. The molecule has 2 heterocycles. The number of rotatable bonds is 5. The molecule has 0 aliphatic heterocycles. The summed E-state index contributed by atoms with van der Waals surface area (Å²) in [5.41, 5.74) is 0.237. The highest BCUT2D eigenvalue weighted by Gasteiger charge is 2.13. The van der Waals surface area contributed by atoms with Crippen LogP contribution in [0.3, 0.4) is 0 Å². The summed E-state index contributed by atoms with van der Waals surface area (Å²) < 4.78 is 2.21. The van der Waals surface area contributed by atoms with E-state index < -0.39 is 5.69 Å². The van der Waals surface area contributed by atoms with Crippen LogP contribution < -0.4 is 11.0 Å². The number of carbonyl (C=O) groups excluding carboxylic acids is 1. The van der Waals surface area contributed by atoms with Crippen molar-refractivity contribution >= 4 is 34.7 Å². The van der Waals surface area contributed by atoms with Gasteiger partial charge in [-0.2, -0.15) is 9.36 Å². The Labute approximate surface area is 139 Å². The zero-order valence-electron chi connectivity index (χ0n) is 12.2. The summed E-state index contributed by atoms with van der Waals surface area (Å²) in [6.07, 6.45) is 1.96. The summed E-state index contributed by atoms with van der Waals surface area (Å²) in [6, 6.07) is 11.1. The average molecular weight is 347 g/mol. The van der Waals surface area contributed by atoms with Gasteiger partial charge in [0.25, 0.3) is 0 Å². The first-order chi connectivity index (χ1) is 11.2. The lowest BCUT2D eigenvalue weighted by Crippen LogP contribution is -2.29. The van der Waals surface area contributed by atoms with E-state index in [4.69, 9.17) is 0 Å². The van der Waals surface area contributed by atoms with Gasteiger partial charge >= 0.3 is 5.69 Å². The highest BCUT2D eigenvalue weighted by Crippen LogP contribution is 2.18. The minimum absolute atomic E-state index is 0.187. The third kappa shape index (κ3) is 3.51. The highest BCUT2D eigenvalue weighted by molar-refractivity contribution is 7.98. The van der Waals surface area contributed by atoms with Crippen LogP contribution in [0.1, 0.15) is 0 Å². The van der Waals surface area contributed by atoms with Gasteiger partial charge in [-0.3, -0.25) is 4.79 Å². The predicted molar refractivity (Wildman–Crippen MR) is 90.3 cm³/mol. The van der Waals surface area contributed by atoms with Crippen LogP contribution in [0, 0.1) is 0 Å². The second-order valence-electron chi connectivity index (χ2n) is 4.56. The lowest BCUT2D eigenvalue weighted by atomic mass is 10.3. The fourth-order valence-electron chi connectivity index (χ4n) is 1.94. The van der Waals surface area contributed by atoms with Gasteiger partial charge in [-0.05, 0) is 52.4 Å². The Balaban J connectivity index is 1.72. The summed E-state index contributed by atoms with van der Waals surface area (Å²) in [4.78, 5) is 25.3. The molecule has 2 aromatic heterocycles. The summed E-state index contributed by atoms with van der Waals surface area (Å²) >= 11 is 2.96. The number of amides is 1. The molecule has 9 heteroatoms. The maximum atomic E-state index is 12.2. The molecule has 1 aromatic carbocycles. The van der Waals surface area contributed by atoms with Gasteiger partial charge in [0.15, 0.2) is 0 Å². The molecule has 0 radical (unpaired) electrons. The van der Waals surface area contributed by atoms with Gasteiger partial charge in [0.2, 0.25) is 5.91 Å². The van der Waals surface area contributed by atoms with Crippen LogP contribution in [-0.2, 0) is 11.3 Å². The number of carbonyl (C=O) groups is 1. The van der Waals surface area contributed by atoms with Gasteiger partial charge < -0.3 is 5.32 Å². The van der Waals surface area contributed by atoms with E-state index in [-0.39, 0.29) is 12.5 Å². The Bertz CT molecular complexity index is 869. The van der Waals surface area contributed by atoms with Crippen molar-refractivity contribution in [3.8, 4) is 5.00 Å². The van der Waals surface area contributed by atoms with E-state index in [1.54, 1.807) is 23.9 Å². The van der Waals surface area contributed by atoms with E-state index in [0.717, 1.165) is 9.58 Å². The van der Waals surface area contributed by atoms with Gasteiger partial charge in [-0.1, -0.05) is 6.07 Å². The monoisotopic (exact) mass is 347 g/mol. The predicted octanol–water partition coefficient (Wildman–Crippen LogP) is 1.85. The fraction of sp³-hybridized carbons (Fsp3) is 0.143. The van der Waals surface area contributed by atoms with Crippen LogP contribution in [0.4, 0.5) is 5.69 Å². The molecule has 0 spiro atoms. The van der Waals surface area contributed by atoms with E-state index in [9.17, 15) is 9.59 Å². The quantitative estimate of drug-likeness (QED) is 0.712. The van der Waals surface area contributed by atoms with Crippen LogP contribution in [-0.4, -0.2) is 32.0 Å². The second kappa shape index (κ2) is 6.80. The molecule has 0 fully saturated rings. The van der Waals surface area contributed by atoms with Crippen LogP contribution in [0.2, 0.25) is 0 Å². The van der Waals surface area contributed by atoms with Crippen LogP contribution >= 0.6 is 23.1 Å². The molecule has 0 aliphatic carbocycles. The molecular formula is C14H13N5O2S2. The van der Waals surface area contributed by atoms with Crippen molar-refractivity contribution in [1.29, 1.82) is 0 Å². The molecule has 118 valence electrons. The molecule has 23 heavy (non-hydrogen) atoms. The van der Waals surface area contributed by atoms with Gasteiger partial charge in [-0.15, -0.1) is 23.1 Å². The molecule has 0 atom stereocenters. The highest BCUT2D eigenvalue weighted by atomic mass is 32.2. The van der Waals surface area contributed by atoms with Crippen molar-refractivity contribution < 1.29 is 4.79 Å². The normalized spacial score (nSPS) is 10.7. The van der Waals surface area contributed by atoms with E-state index >= 15 is 0 Å². The minimum Gasteiger partial charge on any atom is -0.324 e. The number of anilines is 1. The zero-order chi connectivity index (χ0) is 16.2. The minimum atomic E-state index is -0.444. The number of hydrogen-bond donors (Lipinski definition) is 1. The van der Waals surface area contributed by atoms with Crippen molar-refractivity contribution in [1.82, 2.24) is 19.8 Å². The van der Waals surface area contributed by atoms with Gasteiger partial charge in [-0.25, -0.2) is 4.79 Å². The molecule has 0 bridgehead atoms. The Morgan fingerprint density at radius 3 is 2.91 bits per heavy atom. The van der Waals surface area contributed by atoms with Crippen LogP contribution in [0.5, 0.6) is 0 Å². The number of benzene rings is 1. The first kappa shape index (κ1) is 15.5. The Morgan fingerprint density at radius 2 is 2.17 bits per heavy atom. The molecule has 1 N–H and O–H groups in total. The van der Waals surface area contributed by atoms with Crippen molar-refractivity contribution in [3.63, 3.8) is 0 Å². The molecular weight excluding hydrogens is 334 g/mol. The van der Waals surface area contributed by atoms with E-state index in [1.807, 2.05) is 35.9 Å². The third-order valence-electron chi connectivity index (χ3n) is 3.00. The number of hydrogen-bond acceptors (Lipinski definition) is 6. The number of aromatic nitrogens is 4. The average Bonchev–Trinajstić information content (AvgIpc) is 3.18. The number of nitrogens with zero attached hydrogens (tertiary/aromatic N) is 4. The van der Waals surface area contributed by atoms with Gasteiger partial charge in [0, 0.05) is 10.6 Å². The smallest absolute Gasteiger partial charge is 0.324 e. The van der Waals surface area contributed by atoms with Crippen LogP contribution in [0.25, 0.3) is 5.00 Å². The number of thiophene rings is 1. The lowest BCUT2D eigenvalue weighted by molar-refractivity contribution is -0.117. The van der Waals surface area contributed by atoms with Crippen molar-refractivity contribution in [2.75, 3.05) is 11.6 Å². The topological polar surface area (TPSA) is 81.8 Å². The third-order valence-corrected chi connectivity index (χ3v) is 4.57. The van der Waals surface area contributed by atoms with Gasteiger partial charge in [0.05, 0.1) is 0 Å². The number of tetrazole rings is 1. The van der Waals surface area contributed by atoms with Crippen molar-refractivity contribution in [2.24, 2.45) is 0 Å². The van der Waals surface area contributed by atoms with E-state index in [0.29, 0.717) is 10.7 Å². The standard InChI is InChI=1S/C14H13N5O2S2/c1-22-11-5-2-4-10(8-11)15-12(20)9-18-14(21)19(17-16-18)13-6-3-7-23-13/h2-8H,9H2,1H3,(H,15,20). The molecule has 0 saturated carbocycles. The summed E-state index contributed by atoms with van der Waals surface area (Å²) in [7, 11) is 0. The molecule has 3 rings (SSSR count). The molecule has 0 unspecified atom stereocenters. The lowest BCUT2D eigenvalue weighted by Gasteiger charge is -2.05. The first-order valence-corrected chi connectivity index (χ1v) is 8.78. The first-order valence-electron chi connectivity index (χ1n) is 6.68. The fourth-order valence-corrected chi connectivity index (χ4v) is 3.07.